The Morgan fingerprint density at radius 3 is 1.82 bits per heavy atom. The third kappa shape index (κ3) is 9.61. The lowest BCUT2D eigenvalue weighted by Gasteiger charge is -2.25. The number of hydrogen-bond donors (Lipinski definition) is 4. The molecule has 0 saturated heterocycles. The lowest BCUT2D eigenvalue weighted by molar-refractivity contribution is 0.0978. The fourth-order valence-corrected chi connectivity index (χ4v) is 7.08. The van der Waals surface area contributed by atoms with Crippen molar-refractivity contribution in [2.24, 2.45) is 0 Å². The van der Waals surface area contributed by atoms with Gasteiger partial charge >= 0.3 is 0 Å². The van der Waals surface area contributed by atoms with Crippen LogP contribution in [0.5, 0.6) is 17.2 Å². The van der Waals surface area contributed by atoms with Crippen molar-refractivity contribution in [3.63, 3.8) is 0 Å². The van der Waals surface area contributed by atoms with E-state index in [2.05, 4.69) is 17.7 Å². The van der Waals surface area contributed by atoms with Crippen LogP contribution >= 0.6 is 0 Å². The number of aliphatic hydroxyl groups is 1. The average Bonchev–Trinajstić information content (AvgIpc) is 3.12. The number of nitrogen functional groups attached to an aromatic ring is 2. The van der Waals surface area contributed by atoms with Crippen molar-refractivity contribution < 1.29 is 27.7 Å². The number of rotatable bonds is 6. The number of aliphatic hydroxyl groups excluding tert-OH is 1. The normalized spacial score (nSPS) is 18.6. The minimum Gasteiger partial charge on any atom is -0.490 e. The molecule has 264 valence electrons. The molecule has 0 radical (unpaired) electrons. The molecule has 3 aliphatic rings. The Morgan fingerprint density at radius 2 is 1.26 bits per heavy atom. The molecule has 4 aromatic rings. The fraction of sp³-hybridized carbons (Fsp3) is 0.359. The molecule has 50 heavy (non-hydrogen) atoms. The van der Waals surface area contributed by atoms with E-state index in [4.69, 9.17) is 36.0 Å². The van der Waals surface area contributed by atoms with E-state index in [1.165, 1.54) is 5.56 Å². The number of ether oxygens (including phenoxy) is 3. The van der Waals surface area contributed by atoms with Gasteiger partial charge in [-0.3, -0.25) is 4.72 Å². The van der Waals surface area contributed by atoms with Gasteiger partial charge in [0, 0.05) is 17.1 Å². The maximum Gasteiger partial charge on any atom is 0.261 e. The smallest absolute Gasteiger partial charge is 0.261 e. The Morgan fingerprint density at radius 1 is 0.760 bits per heavy atom. The molecule has 3 atom stereocenters. The number of fused-ring (bicyclic) bond motifs is 3. The summed E-state index contributed by atoms with van der Waals surface area (Å²) < 4.78 is 44.6. The van der Waals surface area contributed by atoms with E-state index < -0.39 is 10.0 Å². The predicted molar refractivity (Wildman–Crippen MR) is 196 cm³/mol. The first kappa shape index (κ1) is 36.4. The molecule has 0 fully saturated rings. The van der Waals surface area contributed by atoms with Crippen LogP contribution in [-0.2, 0) is 29.3 Å². The first-order valence-electron chi connectivity index (χ1n) is 17.0. The standard InChI is InChI=1S/C18H18N2O3S.C11H15NO.C10H13NO2/c1-13-2-7-17(8-3-13)24(21,22)20-15-5-9-18-14(12-15)4-6-16(23-18)10-11-19;1-2-10-5-3-8-7-9(12)4-6-11(8)13-10;11-8-2-4-10-7(5-8)1-3-9(6-12)13-10/h2-3,5,7-9,12,16,20H,4,6,10H2,1H3;4,6-7,10H,2-3,5,12H2,1H3;2,4-5,9,12H,1,3,6,11H2. The molecule has 0 bridgehead atoms. The second-order valence-corrected chi connectivity index (χ2v) is 14.4. The quantitative estimate of drug-likeness (QED) is 0.160. The van der Waals surface area contributed by atoms with Crippen molar-refractivity contribution in [1.29, 1.82) is 5.26 Å². The molecule has 7 rings (SSSR count). The van der Waals surface area contributed by atoms with Crippen LogP contribution < -0.4 is 30.4 Å². The lowest BCUT2D eigenvalue weighted by Crippen LogP contribution is -2.26. The van der Waals surface area contributed by atoms with Crippen molar-refractivity contribution in [2.45, 2.75) is 88.4 Å². The van der Waals surface area contributed by atoms with Crippen LogP contribution in [0.2, 0.25) is 0 Å². The van der Waals surface area contributed by atoms with E-state index in [1.807, 2.05) is 43.3 Å². The van der Waals surface area contributed by atoms with Gasteiger partial charge in [-0.25, -0.2) is 8.42 Å². The van der Waals surface area contributed by atoms with Crippen molar-refractivity contribution in [1.82, 2.24) is 0 Å². The molecule has 10 nitrogen and oxygen atoms in total. The van der Waals surface area contributed by atoms with Gasteiger partial charge in [-0.2, -0.15) is 5.26 Å². The number of nitrogens with two attached hydrogens (primary N) is 2. The lowest BCUT2D eigenvalue weighted by atomic mass is 10.0. The summed E-state index contributed by atoms with van der Waals surface area (Å²) in [6.45, 7) is 4.16. The summed E-state index contributed by atoms with van der Waals surface area (Å²) >= 11 is 0. The summed E-state index contributed by atoms with van der Waals surface area (Å²) in [7, 11) is -3.61. The first-order valence-corrected chi connectivity index (χ1v) is 18.5. The topological polar surface area (TPSA) is 170 Å². The van der Waals surface area contributed by atoms with Crippen LogP contribution in [0, 0.1) is 18.3 Å². The highest BCUT2D eigenvalue weighted by molar-refractivity contribution is 7.92. The van der Waals surface area contributed by atoms with Crippen molar-refractivity contribution in [2.75, 3.05) is 22.8 Å². The highest BCUT2D eigenvalue weighted by atomic mass is 32.2. The second-order valence-electron chi connectivity index (χ2n) is 12.8. The molecule has 0 saturated carbocycles. The zero-order valence-electron chi connectivity index (χ0n) is 28.6. The zero-order valence-corrected chi connectivity index (χ0v) is 29.4. The molecule has 11 heteroatoms. The Kier molecular flexibility index (Phi) is 12.1. The summed E-state index contributed by atoms with van der Waals surface area (Å²) in [6, 6.07) is 25.6. The van der Waals surface area contributed by atoms with E-state index >= 15 is 0 Å². The summed E-state index contributed by atoms with van der Waals surface area (Å²) in [4.78, 5) is 0.233. The van der Waals surface area contributed by atoms with E-state index in [0.717, 1.165) is 90.3 Å². The number of nitrogens with one attached hydrogen (secondary N) is 1. The number of nitrogens with zero attached hydrogens (tertiary/aromatic N) is 1. The summed E-state index contributed by atoms with van der Waals surface area (Å²) in [5, 5.41) is 17.7. The van der Waals surface area contributed by atoms with E-state index in [0.29, 0.717) is 18.2 Å². The molecule has 0 aliphatic carbocycles. The van der Waals surface area contributed by atoms with Crippen LogP contribution in [0.15, 0.2) is 83.8 Å². The Bertz CT molecular complexity index is 1850. The van der Waals surface area contributed by atoms with Crippen LogP contribution in [-0.4, -0.2) is 38.4 Å². The molecule has 6 N–H and O–H groups in total. The maximum absolute atomic E-state index is 12.4. The zero-order chi connectivity index (χ0) is 35.7. The van der Waals surface area contributed by atoms with Gasteiger partial charge in [-0.05, 0) is 135 Å². The highest BCUT2D eigenvalue weighted by Crippen LogP contribution is 2.33. The van der Waals surface area contributed by atoms with E-state index in [9.17, 15) is 8.42 Å². The maximum atomic E-state index is 12.4. The molecule has 3 unspecified atom stereocenters. The van der Waals surface area contributed by atoms with Gasteiger partial charge in [0.1, 0.15) is 29.5 Å². The summed E-state index contributed by atoms with van der Waals surface area (Å²) in [5.41, 5.74) is 17.8. The molecule has 0 amide bonds. The van der Waals surface area contributed by atoms with Crippen LogP contribution in [0.3, 0.4) is 0 Å². The fourth-order valence-electron chi connectivity index (χ4n) is 6.03. The van der Waals surface area contributed by atoms with Crippen molar-refractivity contribution >= 4 is 27.1 Å². The van der Waals surface area contributed by atoms with Gasteiger partial charge in [0.15, 0.2) is 0 Å². The molecular formula is C39H46N4O6S. The van der Waals surface area contributed by atoms with E-state index in [-0.39, 0.29) is 23.7 Å². The summed E-state index contributed by atoms with van der Waals surface area (Å²) in [5.74, 6) is 2.60. The minimum atomic E-state index is -3.61. The van der Waals surface area contributed by atoms with Crippen LogP contribution in [0.4, 0.5) is 17.1 Å². The monoisotopic (exact) mass is 698 g/mol. The first-order chi connectivity index (χ1) is 24.1. The number of benzene rings is 4. The van der Waals surface area contributed by atoms with Crippen LogP contribution in [0.1, 0.15) is 61.3 Å². The predicted octanol–water partition coefficient (Wildman–Crippen LogP) is 6.73. The summed E-state index contributed by atoms with van der Waals surface area (Å²) in [6.07, 6.45) is 7.26. The highest BCUT2D eigenvalue weighted by Gasteiger charge is 2.22. The molecule has 0 spiro atoms. The second kappa shape index (κ2) is 16.7. The van der Waals surface area contributed by atoms with Gasteiger partial charge in [0.25, 0.3) is 10.0 Å². The number of anilines is 3. The molecular weight excluding hydrogens is 653 g/mol. The van der Waals surface area contributed by atoms with Gasteiger partial charge in [-0.15, -0.1) is 0 Å². The minimum absolute atomic E-state index is 0.0453. The molecule has 4 aromatic carbocycles. The SMILES string of the molecule is CCC1CCc2cc(N)ccc2O1.Cc1ccc(S(=O)(=O)Nc2ccc3c(c2)CCC(CC#N)O3)cc1.Nc1ccc2c(c1)CCC(CO)O2. The Balaban J connectivity index is 0.000000158. The third-order valence-corrected chi connectivity index (χ3v) is 10.3. The largest absolute Gasteiger partial charge is 0.490 e. The van der Waals surface area contributed by atoms with Gasteiger partial charge in [-0.1, -0.05) is 24.6 Å². The molecule has 3 aliphatic heterocycles. The molecule has 3 heterocycles. The van der Waals surface area contributed by atoms with Gasteiger partial charge < -0.3 is 30.8 Å². The van der Waals surface area contributed by atoms with Gasteiger partial charge in [0.2, 0.25) is 0 Å². The Hall–Kier alpha value is -4.92. The average molecular weight is 699 g/mol. The number of aryl methyl sites for hydroxylation is 4. The Labute approximate surface area is 295 Å². The molecule has 0 aromatic heterocycles. The van der Waals surface area contributed by atoms with Crippen LogP contribution in [0.25, 0.3) is 0 Å². The number of nitriles is 1. The number of hydrogen-bond acceptors (Lipinski definition) is 9. The van der Waals surface area contributed by atoms with Crippen molar-refractivity contribution in [3.8, 4) is 23.3 Å². The van der Waals surface area contributed by atoms with Gasteiger partial charge in [0.05, 0.1) is 30.1 Å². The van der Waals surface area contributed by atoms with E-state index in [1.54, 1.807) is 42.5 Å². The third-order valence-electron chi connectivity index (χ3n) is 8.88. The van der Waals surface area contributed by atoms with Crippen molar-refractivity contribution in [3.05, 3.63) is 101 Å². The number of sulfonamides is 1.